The average Bonchev–Trinajstić information content (AvgIpc) is 2.53. The minimum atomic E-state index is -3.08. The molecule has 0 aliphatic heterocycles. The van der Waals surface area contributed by atoms with Gasteiger partial charge in [-0.2, -0.15) is 4.80 Å². The van der Waals surface area contributed by atoms with Gasteiger partial charge in [-0.05, 0) is 5.21 Å². The highest BCUT2D eigenvalue weighted by atomic mass is 32.2. The number of hydrogen-bond donors (Lipinski definition) is 1. The lowest BCUT2D eigenvalue weighted by molar-refractivity contribution is 0.529. The van der Waals surface area contributed by atoms with Crippen LogP contribution in [-0.2, 0) is 22.1 Å². The molecule has 0 atom stereocenters. The van der Waals surface area contributed by atoms with E-state index < -0.39 is 9.84 Å². The average molecular weight is 219 g/mol. The SMILES string of the molecule is CCS(=O)(=O)Cc1nnn(CCN)n1. The van der Waals surface area contributed by atoms with E-state index in [1.807, 2.05) is 0 Å². The number of aromatic nitrogens is 4. The van der Waals surface area contributed by atoms with Crippen molar-refractivity contribution in [2.75, 3.05) is 12.3 Å². The van der Waals surface area contributed by atoms with Gasteiger partial charge in [0, 0.05) is 12.3 Å². The van der Waals surface area contributed by atoms with E-state index in [4.69, 9.17) is 5.73 Å². The second-order valence-electron chi connectivity index (χ2n) is 2.77. The number of nitrogens with zero attached hydrogens (tertiary/aromatic N) is 4. The number of tetrazole rings is 1. The Morgan fingerprint density at radius 2 is 2.21 bits per heavy atom. The van der Waals surface area contributed by atoms with Crippen LogP contribution in [0.15, 0.2) is 0 Å². The molecule has 1 aromatic rings. The topological polar surface area (TPSA) is 104 Å². The number of sulfone groups is 1. The van der Waals surface area contributed by atoms with Crippen LogP contribution in [0.4, 0.5) is 0 Å². The molecule has 0 unspecified atom stereocenters. The third kappa shape index (κ3) is 3.04. The van der Waals surface area contributed by atoms with Gasteiger partial charge in [0.2, 0.25) is 0 Å². The molecule has 0 aliphatic carbocycles. The zero-order valence-electron chi connectivity index (χ0n) is 7.92. The van der Waals surface area contributed by atoms with Gasteiger partial charge in [0.1, 0.15) is 5.75 Å². The maximum Gasteiger partial charge on any atom is 0.189 e. The summed E-state index contributed by atoms with van der Waals surface area (Å²) in [5.74, 6) is 0.146. The van der Waals surface area contributed by atoms with E-state index in [-0.39, 0.29) is 17.3 Å². The van der Waals surface area contributed by atoms with E-state index >= 15 is 0 Å². The molecule has 14 heavy (non-hydrogen) atoms. The number of hydrogen-bond acceptors (Lipinski definition) is 6. The summed E-state index contributed by atoms with van der Waals surface area (Å²) in [7, 11) is -3.08. The zero-order valence-corrected chi connectivity index (χ0v) is 8.74. The highest BCUT2D eigenvalue weighted by Gasteiger charge is 2.13. The van der Waals surface area contributed by atoms with Crippen molar-refractivity contribution in [3.05, 3.63) is 5.82 Å². The second-order valence-corrected chi connectivity index (χ2v) is 5.12. The lowest BCUT2D eigenvalue weighted by Gasteiger charge is -1.94. The quantitative estimate of drug-likeness (QED) is 0.651. The van der Waals surface area contributed by atoms with Gasteiger partial charge in [-0.1, -0.05) is 6.92 Å². The molecule has 0 bridgehead atoms. The molecule has 0 spiro atoms. The second kappa shape index (κ2) is 4.47. The molecule has 0 saturated heterocycles. The van der Waals surface area contributed by atoms with Crippen molar-refractivity contribution in [1.29, 1.82) is 0 Å². The van der Waals surface area contributed by atoms with Crippen LogP contribution >= 0.6 is 0 Å². The Kier molecular flexibility index (Phi) is 3.53. The van der Waals surface area contributed by atoms with Crippen LogP contribution in [-0.4, -0.2) is 40.9 Å². The fourth-order valence-electron chi connectivity index (χ4n) is 0.843. The Balaban J connectivity index is 2.69. The zero-order chi connectivity index (χ0) is 10.6. The van der Waals surface area contributed by atoms with Crippen molar-refractivity contribution in [2.24, 2.45) is 5.73 Å². The summed E-state index contributed by atoms with van der Waals surface area (Å²) < 4.78 is 22.4. The van der Waals surface area contributed by atoms with Crippen LogP contribution in [0.3, 0.4) is 0 Å². The molecule has 0 fully saturated rings. The normalized spacial score (nSPS) is 11.9. The summed E-state index contributed by atoms with van der Waals surface area (Å²) in [6.45, 7) is 2.43. The first-order valence-corrected chi connectivity index (χ1v) is 6.06. The van der Waals surface area contributed by atoms with Gasteiger partial charge in [0.05, 0.1) is 6.54 Å². The molecule has 1 aromatic heterocycles. The molecule has 0 aliphatic rings. The van der Waals surface area contributed by atoms with Crippen LogP contribution in [0.2, 0.25) is 0 Å². The largest absolute Gasteiger partial charge is 0.329 e. The molecule has 8 heteroatoms. The van der Waals surface area contributed by atoms with Crippen molar-refractivity contribution in [3.63, 3.8) is 0 Å². The van der Waals surface area contributed by atoms with Crippen molar-refractivity contribution in [1.82, 2.24) is 20.2 Å². The minimum absolute atomic E-state index is 0.0818. The van der Waals surface area contributed by atoms with Gasteiger partial charge in [0.15, 0.2) is 15.7 Å². The van der Waals surface area contributed by atoms with Crippen molar-refractivity contribution in [2.45, 2.75) is 19.2 Å². The number of rotatable bonds is 5. The molecule has 0 aromatic carbocycles. The Labute approximate surface area is 82.2 Å². The molecule has 7 nitrogen and oxygen atoms in total. The third-order valence-electron chi connectivity index (χ3n) is 1.61. The maximum absolute atomic E-state index is 11.2. The van der Waals surface area contributed by atoms with E-state index in [9.17, 15) is 8.42 Å². The van der Waals surface area contributed by atoms with E-state index in [0.29, 0.717) is 13.1 Å². The summed E-state index contributed by atoms with van der Waals surface area (Å²) in [4.78, 5) is 1.29. The molecular weight excluding hydrogens is 206 g/mol. The summed E-state index contributed by atoms with van der Waals surface area (Å²) >= 11 is 0. The van der Waals surface area contributed by atoms with Crippen molar-refractivity contribution < 1.29 is 8.42 Å². The van der Waals surface area contributed by atoms with E-state index in [1.165, 1.54) is 4.80 Å². The Morgan fingerprint density at radius 3 is 2.79 bits per heavy atom. The maximum atomic E-state index is 11.2. The molecule has 1 heterocycles. The van der Waals surface area contributed by atoms with E-state index in [1.54, 1.807) is 6.92 Å². The summed E-state index contributed by atoms with van der Waals surface area (Å²) in [6, 6.07) is 0. The summed E-state index contributed by atoms with van der Waals surface area (Å²) in [6.07, 6.45) is 0. The molecular formula is C6H13N5O2S. The standard InChI is InChI=1S/C6H13N5O2S/c1-2-14(12,13)5-6-8-10-11(9-6)4-3-7/h2-5,7H2,1H3. The van der Waals surface area contributed by atoms with E-state index in [0.717, 1.165) is 0 Å². The predicted octanol–water partition coefficient (Wildman–Crippen LogP) is -1.43. The molecule has 0 radical (unpaired) electrons. The van der Waals surface area contributed by atoms with Crippen molar-refractivity contribution in [3.8, 4) is 0 Å². The first-order chi connectivity index (χ1) is 6.57. The van der Waals surface area contributed by atoms with E-state index in [2.05, 4.69) is 15.4 Å². The third-order valence-corrected chi connectivity index (χ3v) is 3.19. The van der Waals surface area contributed by atoms with Crippen molar-refractivity contribution >= 4 is 9.84 Å². The highest BCUT2D eigenvalue weighted by molar-refractivity contribution is 7.90. The fraction of sp³-hybridized carbons (Fsp3) is 0.833. The lowest BCUT2D eigenvalue weighted by atomic mass is 10.7. The lowest BCUT2D eigenvalue weighted by Crippen LogP contribution is -2.13. The Hall–Kier alpha value is -1.02. The minimum Gasteiger partial charge on any atom is -0.329 e. The smallest absolute Gasteiger partial charge is 0.189 e. The van der Waals surface area contributed by atoms with Crippen LogP contribution in [0.5, 0.6) is 0 Å². The highest BCUT2D eigenvalue weighted by Crippen LogP contribution is 1.98. The molecule has 2 N–H and O–H groups in total. The van der Waals surface area contributed by atoms with Gasteiger partial charge in [-0.25, -0.2) is 8.42 Å². The first kappa shape index (κ1) is 11.1. The number of nitrogens with two attached hydrogens (primary N) is 1. The van der Waals surface area contributed by atoms with Crippen LogP contribution in [0.25, 0.3) is 0 Å². The van der Waals surface area contributed by atoms with Crippen LogP contribution < -0.4 is 5.73 Å². The van der Waals surface area contributed by atoms with Crippen LogP contribution in [0, 0.1) is 0 Å². The molecule has 0 saturated carbocycles. The summed E-state index contributed by atoms with van der Waals surface area (Å²) in [5, 5.41) is 11.1. The predicted molar refractivity (Wildman–Crippen MR) is 50.0 cm³/mol. The monoisotopic (exact) mass is 219 g/mol. The first-order valence-electron chi connectivity index (χ1n) is 4.24. The summed E-state index contributed by atoms with van der Waals surface area (Å²) in [5.41, 5.74) is 5.28. The molecule has 0 amide bonds. The Bertz CT molecular complexity index is 385. The van der Waals surface area contributed by atoms with Gasteiger partial charge in [-0.15, -0.1) is 10.2 Å². The van der Waals surface area contributed by atoms with Gasteiger partial charge in [-0.3, -0.25) is 0 Å². The van der Waals surface area contributed by atoms with Gasteiger partial charge < -0.3 is 5.73 Å². The van der Waals surface area contributed by atoms with Gasteiger partial charge >= 0.3 is 0 Å². The molecule has 80 valence electrons. The Morgan fingerprint density at radius 1 is 1.50 bits per heavy atom. The fourth-order valence-corrected chi connectivity index (χ4v) is 1.56. The molecule has 1 rings (SSSR count). The van der Waals surface area contributed by atoms with Crippen LogP contribution in [0.1, 0.15) is 12.7 Å². The van der Waals surface area contributed by atoms with Gasteiger partial charge in [0.25, 0.3) is 0 Å².